The fourth-order valence-electron chi connectivity index (χ4n) is 7.62. The van der Waals surface area contributed by atoms with E-state index in [4.69, 9.17) is 0 Å². The summed E-state index contributed by atoms with van der Waals surface area (Å²) >= 11 is 0. The van der Waals surface area contributed by atoms with Gasteiger partial charge in [-0.1, -0.05) is 160 Å². The van der Waals surface area contributed by atoms with Crippen LogP contribution in [-0.4, -0.2) is 25.0 Å². The molecule has 1 unspecified atom stereocenters. The molecular formula is C44H83N. The second-order valence-electron chi connectivity index (χ2n) is 15.5. The Balaban J connectivity index is 2.14. The molecule has 0 aromatic heterocycles. The molecule has 1 nitrogen and oxygen atoms in total. The molecule has 1 atom stereocenters. The Morgan fingerprint density at radius 2 is 1.00 bits per heavy atom. The fraction of sp³-hybridized carbons (Fsp3) is 0.864. The summed E-state index contributed by atoms with van der Waals surface area (Å²) in [6.07, 6.45) is 56.5. The second-order valence-corrected chi connectivity index (χ2v) is 15.5. The van der Waals surface area contributed by atoms with Crippen LogP contribution in [0.5, 0.6) is 0 Å². The van der Waals surface area contributed by atoms with Crippen LogP contribution in [0.2, 0.25) is 0 Å². The Hall–Kier alpha value is -0.820. The summed E-state index contributed by atoms with van der Waals surface area (Å²) < 4.78 is 0. The van der Waals surface area contributed by atoms with E-state index in [1.165, 1.54) is 186 Å². The summed E-state index contributed by atoms with van der Waals surface area (Å²) in [6, 6.07) is 0.826. The van der Waals surface area contributed by atoms with E-state index < -0.39 is 0 Å². The van der Waals surface area contributed by atoms with Gasteiger partial charge in [-0.25, -0.2) is 0 Å². The number of hydrogen-bond donors (Lipinski definition) is 0. The minimum absolute atomic E-state index is 0.667. The molecular weight excluding hydrogens is 542 g/mol. The summed E-state index contributed by atoms with van der Waals surface area (Å²) in [4.78, 5) is 2.49. The lowest BCUT2D eigenvalue weighted by Crippen LogP contribution is -2.37. The van der Waals surface area contributed by atoms with Crippen LogP contribution in [0.25, 0.3) is 0 Å². The number of hydrogen-bond acceptors (Lipinski definition) is 1. The highest BCUT2D eigenvalue weighted by molar-refractivity contribution is 4.93. The molecule has 0 aromatic rings. The van der Waals surface area contributed by atoms with Crippen molar-refractivity contribution in [2.45, 2.75) is 219 Å². The van der Waals surface area contributed by atoms with Crippen LogP contribution in [0, 0.1) is 11.3 Å². The van der Waals surface area contributed by atoms with Gasteiger partial charge in [-0.3, -0.25) is 0 Å². The fourth-order valence-corrected chi connectivity index (χ4v) is 7.62. The first-order chi connectivity index (χ1) is 22.0. The topological polar surface area (TPSA) is 3.24 Å². The Morgan fingerprint density at radius 3 is 1.51 bits per heavy atom. The molecule has 0 bridgehead atoms. The van der Waals surface area contributed by atoms with Crippen molar-refractivity contribution < 1.29 is 0 Å². The average molecular weight is 626 g/mol. The highest BCUT2D eigenvalue weighted by atomic mass is 15.1. The van der Waals surface area contributed by atoms with Crippen LogP contribution in [0.3, 0.4) is 0 Å². The third-order valence-electron chi connectivity index (χ3n) is 11.0. The molecule has 0 N–H and O–H groups in total. The van der Waals surface area contributed by atoms with Crippen molar-refractivity contribution in [3.05, 3.63) is 36.5 Å². The third kappa shape index (κ3) is 24.9. The zero-order valence-corrected chi connectivity index (χ0v) is 31.8. The first kappa shape index (κ1) is 42.2. The first-order valence-corrected chi connectivity index (χ1v) is 20.6. The van der Waals surface area contributed by atoms with Crippen molar-refractivity contribution in [1.82, 2.24) is 4.90 Å². The lowest BCUT2D eigenvalue weighted by molar-refractivity contribution is 0.0938. The van der Waals surface area contributed by atoms with Gasteiger partial charge in [-0.2, -0.15) is 0 Å². The zero-order chi connectivity index (χ0) is 32.7. The summed E-state index contributed by atoms with van der Waals surface area (Å²) in [5, 5.41) is 0. The zero-order valence-electron chi connectivity index (χ0n) is 31.8. The van der Waals surface area contributed by atoms with Gasteiger partial charge in [0.1, 0.15) is 0 Å². The van der Waals surface area contributed by atoms with E-state index in [9.17, 15) is 0 Å². The molecule has 0 aliphatic heterocycles. The molecule has 264 valence electrons. The summed E-state index contributed by atoms with van der Waals surface area (Å²) in [6.45, 7) is 7.01. The molecule has 0 amide bonds. The van der Waals surface area contributed by atoms with Crippen molar-refractivity contribution in [3.63, 3.8) is 0 Å². The molecule has 0 aromatic carbocycles. The van der Waals surface area contributed by atoms with Crippen LogP contribution >= 0.6 is 0 Å². The van der Waals surface area contributed by atoms with Gasteiger partial charge in [0, 0.05) is 6.04 Å². The van der Waals surface area contributed by atoms with Crippen LogP contribution in [0.1, 0.15) is 213 Å². The maximum absolute atomic E-state index is 2.49. The average Bonchev–Trinajstić information content (AvgIpc) is 3.04. The minimum atomic E-state index is 0.667. The molecule has 0 saturated heterocycles. The quantitative estimate of drug-likeness (QED) is 0.0547. The molecule has 1 fully saturated rings. The predicted octanol–water partition coefficient (Wildman–Crippen LogP) is 15.0. The molecule has 0 radical (unpaired) electrons. The van der Waals surface area contributed by atoms with Gasteiger partial charge in [-0.15, -0.1) is 0 Å². The molecule has 1 aliphatic carbocycles. The Kier molecular flexibility index (Phi) is 28.6. The molecule has 0 spiro atoms. The molecule has 1 heteroatoms. The summed E-state index contributed by atoms with van der Waals surface area (Å²) in [5.41, 5.74) is 0.667. The van der Waals surface area contributed by atoms with E-state index in [0.29, 0.717) is 5.41 Å². The van der Waals surface area contributed by atoms with Crippen molar-refractivity contribution in [1.29, 1.82) is 0 Å². The molecule has 45 heavy (non-hydrogen) atoms. The first-order valence-electron chi connectivity index (χ1n) is 20.6. The van der Waals surface area contributed by atoms with Gasteiger partial charge in [0.05, 0.1) is 0 Å². The van der Waals surface area contributed by atoms with Crippen molar-refractivity contribution in [2.75, 3.05) is 14.1 Å². The number of rotatable bonds is 31. The SMILES string of the molecule is CCCCC/C=C\C/C=C\CCCCCCCCC1(CCCCCCCC/C=C\CC(C)CCCCC)CCC(N(C)C)CC1. The number of allylic oxidation sites excluding steroid dienone is 6. The van der Waals surface area contributed by atoms with E-state index >= 15 is 0 Å². The predicted molar refractivity (Wildman–Crippen MR) is 206 cm³/mol. The highest BCUT2D eigenvalue weighted by Crippen LogP contribution is 2.45. The maximum Gasteiger partial charge on any atom is 0.00895 e. The molecule has 1 aliphatic rings. The van der Waals surface area contributed by atoms with Gasteiger partial charge in [0.2, 0.25) is 0 Å². The van der Waals surface area contributed by atoms with E-state index in [1.54, 1.807) is 0 Å². The largest absolute Gasteiger partial charge is 0.306 e. The molecule has 1 saturated carbocycles. The second kappa shape index (κ2) is 30.5. The van der Waals surface area contributed by atoms with Crippen molar-refractivity contribution in [2.24, 2.45) is 11.3 Å². The van der Waals surface area contributed by atoms with Crippen molar-refractivity contribution in [3.8, 4) is 0 Å². The van der Waals surface area contributed by atoms with E-state index in [-0.39, 0.29) is 0 Å². The van der Waals surface area contributed by atoms with Gasteiger partial charge >= 0.3 is 0 Å². The van der Waals surface area contributed by atoms with Crippen LogP contribution in [0.15, 0.2) is 36.5 Å². The van der Waals surface area contributed by atoms with Gasteiger partial charge in [0.25, 0.3) is 0 Å². The van der Waals surface area contributed by atoms with Crippen LogP contribution < -0.4 is 0 Å². The van der Waals surface area contributed by atoms with Gasteiger partial charge in [-0.05, 0) is 115 Å². The van der Waals surface area contributed by atoms with Crippen LogP contribution in [0.4, 0.5) is 0 Å². The lowest BCUT2D eigenvalue weighted by atomic mass is 9.66. The summed E-state index contributed by atoms with van der Waals surface area (Å²) in [7, 11) is 4.59. The third-order valence-corrected chi connectivity index (χ3v) is 11.0. The van der Waals surface area contributed by atoms with Gasteiger partial charge < -0.3 is 4.90 Å². The highest BCUT2D eigenvalue weighted by Gasteiger charge is 2.34. The Labute approximate surface area is 285 Å². The van der Waals surface area contributed by atoms with E-state index in [0.717, 1.165) is 18.4 Å². The summed E-state index contributed by atoms with van der Waals surface area (Å²) in [5.74, 6) is 0.870. The number of nitrogens with zero attached hydrogens (tertiary/aromatic N) is 1. The van der Waals surface area contributed by atoms with E-state index in [2.05, 4.69) is 76.2 Å². The molecule has 1 rings (SSSR count). The number of unbranched alkanes of at least 4 members (excludes halogenated alkanes) is 17. The Bertz CT molecular complexity index is 692. The standard InChI is InChI=1S/C44H83N/c1-6-8-10-11-12-13-14-15-16-17-18-19-22-25-28-32-38-44(40-36-43(37-41-44)45(4)5)39-33-29-26-23-20-21-24-27-31-35-42(3)34-30-9-7-2/h12-13,15-16,27,31,42-43H,6-11,14,17-26,28-30,32-41H2,1-5H3/b13-12-,16-15-,31-27-. The smallest absolute Gasteiger partial charge is 0.00895 e. The van der Waals surface area contributed by atoms with Crippen LogP contribution in [-0.2, 0) is 0 Å². The minimum Gasteiger partial charge on any atom is -0.306 e. The normalized spacial score (nSPS) is 20.0. The van der Waals surface area contributed by atoms with Crippen molar-refractivity contribution >= 4 is 0 Å². The molecule has 0 heterocycles. The van der Waals surface area contributed by atoms with Gasteiger partial charge in [0.15, 0.2) is 0 Å². The lowest BCUT2D eigenvalue weighted by Gasteiger charge is -2.42. The Morgan fingerprint density at radius 1 is 0.556 bits per heavy atom. The monoisotopic (exact) mass is 626 g/mol. The maximum atomic E-state index is 2.49. The van der Waals surface area contributed by atoms with E-state index in [1.807, 2.05) is 0 Å².